The molecule has 1 aliphatic carbocycles. The molecule has 0 bridgehead atoms. The zero-order valence-electron chi connectivity index (χ0n) is 11.9. The van der Waals surface area contributed by atoms with E-state index in [1.807, 2.05) is 0 Å². The number of aromatic nitrogens is 1. The Morgan fingerprint density at radius 3 is 3.05 bits per heavy atom. The van der Waals surface area contributed by atoms with E-state index in [0.717, 1.165) is 25.0 Å². The van der Waals surface area contributed by atoms with Crippen molar-refractivity contribution in [3.8, 4) is 0 Å². The van der Waals surface area contributed by atoms with Crippen LogP contribution in [0.5, 0.6) is 0 Å². The van der Waals surface area contributed by atoms with Gasteiger partial charge in [-0.1, -0.05) is 13.8 Å². The molecule has 1 atom stereocenters. The van der Waals surface area contributed by atoms with E-state index in [1.165, 1.54) is 4.88 Å². The van der Waals surface area contributed by atoms with E-state index < -0.39 is 6.10 Å². The van der Waals surface area contributed by atoms with Gasteiger partial charge in [-0.05, 0) is 24.7 Å². The highest BCUT2D eigenvalue weighted by atomic mass is 32.1. The second kappa shape index (κ2) is 5.42. The number of nitrogens with zero attached hydrogens (tertiary/aromatic N) is 1. The minimum absolute atomic E-state index is 0.157. The van der Waals surface area contributed by atoms with Crippen LogP contribution in [-0.4, -0.2) is 36.8 Å². The van der Waals surface area contributed by atoms with Gasteiger partial charge in [-0.2, -0.15) is 0 Å². The molecule has 6 heteroatoms. The number of nitrogens with one attached hydrogen (secondary N) is 1. The summed E-state index contributed by atoms with van der Waals surface area (Å²) in [5.74, 6) is -0.157. The number of carbonyl (C=O) groups excluding carboxylic acids is 1. The molecule has 0 spiro atoms. The average molecular weight is 296 g/mol. The molecule has 110 valence electrons. The van der Waals surface area contributed by atoms with Crippen molar-refractivity contribution in [3.05, 3.63) is 10.6 Å². The monoisotopic (exact) mass is 296 g/mol. The fourth-order valence-electron chi connectivity index (χ4n) is 2.58. The van der Waals surface area contributed by atoms with Gasteiger partial charge in [0.05, 0.1) is 25.5 Å². The van der Waals surface area contributed by atoms with E-state index in [0.29, 0.717) is 30.4 Å². The van der Waals surface area contributed by atoms with Crippen molar-refractivity contribution in [2.24, 2.45) is 5.41 Å². The number of anilines is 1. The molecule has 1 N–H and O–H groups in total. The number of amides is 1. The van der Waals surface area contributed by atoms with Crippen LogP contribution in [0.1, 0.15) is 30.8 Å². The van der Waals surface area contributed by atoms with Crippen LogP contribution in [0.15, 0.2) is 0 Å². The maximum absolute atomic E-state index is 12.1. The molecule has 1 aromatic rings. The topological polar surface area (TPSA) is 60.5 Å². The second-order valence-corrected chi connectivity index (χ2v) is 7.24. The number of thiazole rings is 1. The average Bonchev–Trinajstić information content (AvgIpc) is 2.79. The molecule has 1 fully saturated rings. The highest BCUT2D eigenvalue weighted by molar-refractivity contribution is 7.15. The van der Waals surface area contributed by atoms with Crippen molar-refractivity contribution in [3.63, 3.8) is 0 Å². The first-order chi connectivity index (χ1) is 9.53. The fraction of sp³-hybridized carbons (Fsp3) is 0.714. The maximum atomic E-state index is 12.1. The first-order valence-electron chi connectivity index (χ1n) is 7.02. The third-order valence-corrected chi connectivity index (χ3v) is 4.81. The number of hydrogen-bond donors (Lipinski definition) is 1. The molecule has 2 aliphatic rings. The summed E-state index contributed by atoms with van der Waals surface area (Å²) in [4.78, 5) is 17.9. The number of carbonyl (C=O) groups is 1. The van der Waals surface area contributed by atoms with Gasteiger partial charge >= 0.3 is 0 Å². The first kappa shape index (κ1) is 14.0. The number of aryl methyl sites for hydroxylation is 1. The van der Waals surface area contributed by atoms with Crippen LogP contribution in [0.25, 0.3) is 0 Å². The van der Waals surface area contributed by atoms with Crippen LogP contribution >= 0.6 is 11.3 Å². The zero-order valence-corrected chi connectivity index (χ0v) is 12.7. The molecular formula is C14H20N2O3S. The predicted molar refractivity (Wildman–Crippen MR) is 77.1 cm³/mol. The van der Waals surface area contributed by atoms with Crippen molar-refractivity contribution in [2.75, 3.05) is 25.1 Å². The number of rotatable bonds is 2. The molecular weight excluding hydrogens is 276 g/mol. The molecule has 1 aliphatic heterocycles. The van der Waals surface area contributed by atoms with Crippen LogP contribution in [0.3, 0.4) is 0 Å². The lowest BCUT2D eigenvalue weighted by molar-refractivity contribution is -0.142. The SMILES string of the molecule is CC1(C)CCc2nc(NC(=O)[C@@H]3COCCO3)sc2C1. The van der Waals surface area contributed by atoms with Crippen molar-refractivity contribution in [2.45, 2.75) is 39.2 Å². The Bertz CT molecular complexity index is 507. The number of hydrogen-bond acceptors (Lipinski definition) is 5. The lowest BCUT2D eigenvalue weighted by atomic mass is 9.79. The van der Waals surface area contributed by atoms with E-state index >= 15 is 0 Å². The fourth-order valence-corrected chi connectivity index (χ4v) is 3.84. The largest absolute Gasteiger partial charge is 0.376 e. The Morgan fingerprint density at radius 1 is 1.45 bits per heavy atom. The predicted octanol–water partition coefficient (Wildman–Crippen LogP) is 2.01. The number of fused-ring (bicyclic) bond motifs is 1. The molecule has 20 heavy (non-hydrogen) atoms. The second-order valence-electron chi connectivity index (χ2n) is 6.15. The van der Waals surface area contributed by atoms with E-state index in [2.05, 4.69) is 24.1 Å². The minimum Gasteiger partial charge on any atom is -0.376 e. The Balaban J connectivity index is 1.66. The zero-order chi connectivity index (χ0) is 14.2. The summed E-state index contributed by atoms with van der Waals surface area (Å²) in [5.41, 5.74) is 1.48. The molecule has 2 heterocycles. The van der Waals surface area contributed by atoms with Gasteiger partial charge in [-0.25, -0.2) is 4.98 Å². The van der Waals surface area contributed by atoms with Crippen LogP contribution in [0.2, 0.25) is 0 Å². The quantitative estimate of drug-likeness (QED) is 0.907. The minimum atomic E-state index is -0.513. The van der Waals surface area contributed by atoms with Gasteiger partial charge in [0.1, 0.15) is 0 Å². The van der Waals surface area contributed by atoms with Crippen LogP contribution in [0.4, 0.5) is 5.13 Å². The molecule has 1 aromatic heterocycles. The molecule has 3 rings (SSSR count). The van der Waals surface area contributed by atoms with E-state index in [9.17, 15) is 4.79 Å². The summed E-state index contributed by atoms with van der Waals surface area (Å²) >= 11 is 1.59. The standard InChI is InChI=1S/C14H20N2O3S/c1-14(2)4-3-9-11(7-14)20-13(15-9)16-12(17)10-8-18-5-6-19-10/h10H,3-8H2,1-2H3,(H,15,16,17)/t10-/m0/s1. The Kier molecular flexibility index (Phi) is 3.79. The van der Waals surface area contributed by atoms with E-state index in [1.54, 1.807) is 11.3 Å². The van der Waals surface area contributed by atoms with Crippen molar-refractivity contribution >= 4 is 22.4 Å². The van der Waals surface area contributed by atoms with Gasteiger partial charge < -0.3 is 9.47 Å². The molecule has 1 amide bonds. The third-order valence-electron chi connectivity index (χ3n) is 3.79. The molecule has 0 saturated carbocycles. The molecule has 0 radical (unpaired) electrons. The van der Waals surface area contributed by atoms with Gasteiger partial charge in [0.2, 0.25) is 0 Å². The van der Waals surface area contributed by atoms with Gasteiger partial charge in [0, 0.05) is 4.88 Å². The van der Waals surface area contributed by atoms with Crippen LogP contribution in [0, 0.1) is 5.41 Å². The summed E-state index contributed by atoms with van der Waals surface area (Å²) in [6.07, 6.45) is 2.67. The normalized spacial score (nSPS) is 25.0. The smallest absolute Gasteiger partial charge is 0.257 e. The van der Waals surface area contributed by atoms with E-state index in [4.69, 9.17) is 9.47 Å². The first-order valence-corrected chi connectivity index (χ1v) is 7.84. The summed E-state index contributed by atoms with van der Waals surface area (Å²) in [6.45, 7) is 5.91. The lowest BCUT2D eigenvalue weighted by Crippen LogP contribution is -2.39. The van der Waals surface area contributed by atoms with Crippen LogP contribution < -0.4 is 5.32 Å². The number of ether oxygens (including phenoxy) is 2. The molecule has 0 unspecified atom stereocenters. The van der Waals surface area contributed by atoms with Gasteiger partial charge in [0.15, 0.2) is 11.2 Å². The molecule has 0 aromatic carbocycles. The summed E-state index contributed by atoms with van der Waals surface area (Å²) in [6, 6.07) is 0. The van der Waals surface area contributed by atoms with Crippen LogP contribution in [-0.2, 0) is 27.1 Å². The Hall–Kier alpha value is -0.980. The molecule has 5 nitrogen and oxygen atoms in total. The van der Waals surface area contributed by atoms with Crippen molar-refractivity contribution < 1.29 is 14.3 Å². The maximum Gasteiger partial charge on any atom is 0.257 e. The highest BCUT2D eigenvalue weighted by Crippen LogP contribution is 2.38. The highest BCUT2D eigenvalue weighted by Gasteiger charge is 2.29. The van der Waals surface area contributed by atoms with E-state index in [-0.39, 0.29) is 5.91 Å². The van der Waals surface area contributed by atoms with Crippen molar-refractivity contribution in [1.82, 2.24) is 4.98 Å². The van der Waals surface area contributed by atoms with Gasteiger partial charge in [-0.15, -0.1) is 11.3 Å². The molecule has 1 saturated heterocycles. The Morgan fingerprint density at radius 2 is 2.30 bits per heavy atom. The summed E-state index contributed by atoms with van der Waals surface area (Å²) in [7, 11) is 0. The summed E-state index contributed by atoms with van der Waals surface area (Å²) < 4.78 is 10.6. The summed E-state index contributed by atoms with van der Waals surface area (Å²) in [5, 5.41) is 3.55. The van der Waals surface area contributed by atoms with Crippen molar-refractivity contribution in [1.29, 1.82) is 0 Å². The lowest BCUT2D eigenvalue weighted by Gasteiger charge is -2.28. The van der Waals surface area contributed by atoms with Gasteiger partial charge in [-0.3, -0.25) is 10.1 Å². The Labute approximate surface area is 122 Å². The third kappa shape index (κ3) is 3.02. The van der Waals surface area contributed by atoms with Gasteiger partial charge in [0.25, 0.3) is 5.91 Å².